The number of carbonyl (C=O) groups is 1. The SMILES string of the molecule is CC(C)(C)NC(=O)N1CCC(Nc2nc3ccccc3n2Cc2ccc(F)cc2)CC1. The van der Waals surface area contributed by atoms with Gasteiger partial charge in [0.15, 0.2) is 0 Å². The first kappa shape index (κ1) is 21.2. The minimum absolute atomic E-state index is 0.00509. The quantitative estimate of drug-likeness (QED) is 0.644. The Kier molecular flexibility index (Phi) is 5.85. The highest BCUT2D eigenvalue weighted by atomic mass is 19.1. The molecule has 164 valence electrons. The number of nitrogens with one attached hydrogen (secondary N) is 2. The number of nitrogens with zero attached hydrogens (tertiary/aromatic N) is 3. The van der Waals surface area contributed by atoms with E-state index >= 15 is 0 Å². The van der Waals surface area contributed by atoms with Gasteiger partial charge in [-0.15, -0.1) is 0 Å². The average Bonchev–Trinajstić information content (AvgIpc) is 3.06. The molecule has 2 heterocycles. The summed E-state index contributed by atoms with van der Waals surface area (Å²) in [7, 11) is 0. The van der Waals surface area contributed by atoms with Crippen molar-refractivity contribution in [1.29, 1.82) is 0 Å². The zero-order valence-electron chi connectivity index (χ0n) is 18.4. The molecule has 0 spiro atoms. The van der Waals surface area contributed by atoms with E-state index in [1.807, 2.05) is 43.9 Å². The molecular formula is C24H30FN5O. The maximum Gasteiger partial charge on any atom is 0.317 e. The van der Waals surface area contributed by atoms with Gasteiger partial charge in [-0.3, -0.25) is 0 Å². The number of anilines is 1. The fourth-order valence-electron chi connectivity index (χ4n) is 3.93. The molecule has 2 N–H and O–H groups in total. The summed E-state index contributed by atoms with van der Waals surface area (Å²) in [5.41, 5.74) is 2.74. The van der Waals surface area contributed by atoms with Crippen LogP contribution in [-0.4, -0.2) is 45.2 Å². The van der Waals surface area contributed by atoms with Crippen LogP contribution in [0.5, 0.6) is 0 Å². The number of rotatable bonds is 4. The predicted octanol–water partition coefficient (Wildman–Crippen LogP) is 4.61. The van der Waals surface area contributed by atoms with E-state index in [-0.39, 0.29) is 23.4 Å². The number of urea groups is 1. The summed E-state index contributed by atoms with van der Waals surface area (Å²) in [4.78, 5) is 19.1. The van der Waals surface area contributed by atoms with Crippen LogP contribution in [0.25, 0.3) is 11.0 Å². The van der Waals surface area contributed by atoms with Crippen molar-refractivity contribution < 1.29 is 9.18 Å². The molecule has 0 atom stereocenters. The molecule has 1 aliphatic heterocycles. The van der Waals surface area contributed by atoms with Crippen LogP contribution in [0.4, 0.5) is 15.1 Å². The van der Waals surface area contributed by atoms with E-state index in [4.69, 9.17) is 4.98 Å². The number of carbonyl (C=O) groups excluding carboxylic acids is 1. The first-order valence-corrected chi connectivity index (χ1v) is 10.8. The van der Waals surface area contributed by atoms with E-state index in [9.17, 15) is 9.18 Å². The zero-order valence-corrected chi connectivity index (χ0v) is 18.4. The van der Waals surface area contributed by atoms with Crippen LogP contribution in [0.3, 0.4) is 0 Å². The Hall–Kier alpha value is -3.09. The topological polar surface area (TPSA) is 62.2 Å². The van der Waals surface area contributed by atoms with Crippen molar-refractivity contribution in [2.75, 3.05) is 18.4 Å². The number of fused-ring (bicyclic) bond motifs is 1. The molecule has 6 nitrogen and oxygen atoms in total. The van der Waals surface area contributed by atoms with Gasteiger partial charge in [0.1, 0.15) is 5.82 Å². The number of aromatic nitrogens is 2. The first-order valence-electron chi connectivity index (χ1n) is 10.8. The molecule has 31 heavy (non-hydrogen) atoms. The molecular weight excluding hydrogens is 393 g/mol. The Balaban J connectivity index is 1.47. The summed E-state index contributed by atoms with van der Waals surface area (Å²) in [5.74, 6) is 0.572. The van der Waals surface area contributed by atoms with Gasteiger partial charge < -0.3 is 20.1 Å². The summed E-state index contributed by atoms with van der Waals surface area (Å²) in [6, 6.07) is 14.9. The molecule has 0 unspecified atom stereocenters. The van der Waals surface area contributed by atoms with Gasteiger partial charge in [0.2, 0.25) is 5.95 Å². The van der Waals surface area contributed by atoms with Gasteiger partial charge in [-0.2, -0.15) is 0 Å². The van der Waals surface area contributed by atoms with Gasteiger partial charge in [0, 0.05) is 24.7 Å². The largest absolute Gasteiger partial charge is 0.353 e. The van der Waals surface area contributed by atoms with Gasteiger partial charge >= 0.3 is 6.03 Å². The number of halogens is 1. The summed E-state index contributed by atoms with van der Waals surface area (Å²) in [6.07, 6.45) is 1.72. The van der Waals surface area contributed by atoms with Crippen molar-refractivity contribution in [2.45, 2.75) is 51.7 Å². The maximum atomic E-state index is 13.3. The van der Waals surface area contributed by atoms with Crippen LogP contribution in [0, 0.1) is 5.82 Å². The number of piperidine rings is 1. The normalized spacial score (nSPS) is 15.3. The van der Waals surface area contributed by atoms with E-state index in [0.29, 0.717) is 19.6 Å². The van der Waals surface area contributed by atoms with Gasteiger partial charge in [-0.25, -0.2) is 14.2 Å². The van der Waals surface area contributed by atoms with Crippen LogP contribution in [-0.2, 0) is 6.54 Å². The minimum Gasteiger partial charge on any atom is -0.353 e. The van der Waals surface area contributed by atoms with Crippen LogP contribution in [0.1, 0.15) is 39.2 Å². The van der Waals surface area contributed by atoms with E-state index in [0.717, 1.165) is 35.4 Å². The number of imidazole rings is 1. The van der Waals surface area contributed by atoms with E-state index < -0.39 is 0 Å². The Labute approximate surface area is 182 Å². The van der Waals surface area contributed by atoms with E-state index in [1.54, 1.807) is 12.1 Å². The minimum atomic E-state index is -0.239. The lowest BCUT2D eigenvalue weighted by molar-refractivity contribution is 0.175. The first-order chi connectivity index (χ1) is 14.8. The second kappa shape index (κ2) is 8.57. The van der Waals surface area contributed by atoms with Crippen molar-refractivity contribution in [3.05, 3.63) is 59.9 Å². The molecule has 0 aliphatic carbocycles. The van der Waals surface area contributed by atoms with Gasteiger partial charge in [0.25, 0.3) is 0 Å². The third-order valence-corrected chi connectivity index (χ3v) is 5.51. The Bertz CT molecular complexity index is 1050. The fraction of sp³-hybridized carbons (Fsp3) is 0.417. The predicted molar refractivity (Wildman–Crippen MR) is 122 cm³/mol. The monoisotopic (exact) mass is 423 g/mol. The third-order valence-electron chi connectivity index (χ3n) is 5.51. The van der Waals surface area contributed by atoms with Crippen LogP contribution >= 0.6 is 0 Å². The molecule has 1 aromatic heterocycles. The van der Waals surface area contributed by atoms with Crippen LogP contribution < -0.4 is 10.6 Å². The Morgan fingerprint density at radius 2 is 1.77 bits per heavy atom. The number of para-hydroxylation sites is 2. The Morgan fingerprint density at radius 1 is 1.10 bits per heavy atom. The molecule has 0 saturated carbocycles. The van der Waals surface area contributed by atoms with Gasteiger partial charge in [0.05, 0.1) is 17.6 Å². The molecule has 3 aromatic rings. The molecule has 7 heteroatoms. The second-order valence-electron chi connectivity index (χ2n) is 9.22. The highest BCUT2D eigenvalue weighted by Gasteiger charge is 2.26. The van der Waals surface area contributed by atoms with Crippen molar-refractivity contribution >= 4 is 23.0 Å². The molecule has 1 aliphatic rings. The summed E-state index contributed by atoms with van der Waals surface area (Å²) in [5, 5.41) is 6.63. The highest BCUT2D eigenvalue weighted by molar-refractivity contribution is 5.79. The van der Waals surface area contributed by atoms with Gasteiger partial charge in [-0.05, 0) is 63.4 Å². The van der Waals surface area contributed by atoms with Crippen molar-refractivity contribution in [1.82, 2.24) is 19.8 Å². The number of likely N-dealkylation sites (tertiary alicyclic amines) is 1. The van der Waals surface area contributed by atoms with Crippen LogP contribution in [0.15, 0.2) is 48.5 Å². The van der Waals surface area contributed by atoms with Gasteiger partial charge in [-0.1, -0.05) is 24.3 Å². The fourth-order valence-corrected chi connectivity index (χ4v) is 3.93. The molecule has 0 bridgehead atoms. The zero-order chi connectivity index (χ0) is 22.0. The molecule has 4 rings (SSSR count). The maximum absolute atomic E-state index is 13.3. The average molecular weight is 424 g/mol. The van der Waals surface area contributed by atoms with E-state index in [1.165, 1.54) is 12.1 Å². The number of hydrogen-bond donors (Lipinski definition) is 2. The molecule has 1 fully saturated rings. The summed E-state index contributed by atoms with van der Waals surface area (Å²) in [6.45, 7) is 7.99. The third kappa shape index (κ3) is 5.16. The van der Waals surface area contributed by atoms with E-state index in [2.05, 4.69) is 21.3 Å². The summed E-state index contributed by atoms with van der Waals surface area (Å²) >= 11 is 0. The molecule has 2 aromatic carbocycles. The molecule has 0 radical (unpaired) electrons. The highest BCUT2D eigenvalue weighted by Crippen LogP contribution is 2.24. The van der Waals surface area contributed by atoms with Crippen molar-refractivity contribution in [3.63, 3.8) is 0 Å². The lowest BCUT2D eigenvalue weighted by atomic mass is 10.1. The Morgan fingerprint density at radius 3 is 2.45 bits per heavy atom. The van der Waals surface area contributed by atoms with Crippen LogP contribution in [0.2, 0.25) is 0 Å². The van der Waals surface area contributed by atoms with Crippen molar-refractivity contribution in [2.24, 2.45) is 0 Å². The molecule has 2 amide bonds. The summed E-state index contributed by atoms with van der Waals surface area (Å²) < 4.78 is 15.5. The number of amides is 2. The number of benzene rings is 2. The second-order valence-corrected chi connectivity index (χ2v) is 9.22. The lowest BCUT2D eigenvalue weighted by Crippen LogP contribution is -2.52. The smallest absolute Gasteiger partial charge is 0.317 e. The standard InChI is InChI=1S/C24H30FN5O/c1-24(2,3)28-23(31)29-14-12-19(13-15-29)26-22-27-20-6-4-5-7-21(20)30(22)16-17-8-10-18(25)11-9-17/h4-11,19H,12-16H2,1-3H3,(H,26,27)(H,28,31). The molecule has 1 saturated heterocycles. The van der Waals surface area contributed by atoms with Crippen molar-refractivity contribution in [3.8, 4) is 0 Å². The lowest BCUT2D eigenvalue weighted by Gasteiger charge is -2.34. The number of hydrogen-bond acceptors (Lipinski definition) is 3.